The minimum atomic E-state index is -0.705. The molecule has 1 N–H and O–H groups in total. The molecular formula is C19H20F2N4O3. The molecule has 3 rings (SSSR count). The van der Waals surface area contributed by atoms with Crippen molar-refractivity contribution in [3.8, 4) is 0 Å². The summed E-state index contributed by atoms with van der Waals surface area (Å²) in [5, 5.41) is 13.6. The molecule has 28 heavy (non-hydrogen) atoms. The Kier molecular flexibility index (Phi) is 5.84. The molecule has 7 nitrogen and oxygen atoms in total. The third-order valence-corrected chi connectivity index (χ3v) is 4.85. The molecule has 9 heteroatoms. The number of nitrogens with zero attached hydrogens (tertiary/aromatic N) is 3. The minimum Gasteiger partial charge on any atom is -0.363 e. The van der Waals surface area contributed by atoms with Crippen molar-refractivity contribution in [1.29, 1.82) is 0 Å². The Bertz CT molecular complexity index is 885. The van der Waals surface area contributed by atoms with Gasteiger partial charge in [0.15, 0.2) is 0 Å². The number of benzene rings is 2. The molecule has 1 saturated heterocycles. The van der Waals surface area contributed by atoms with Crippen molar-refractivity contribution in [3.63, 3.8) is 0 Å². The highest BCUT2D eigenvalue weighted by Crippen LogP contribution is 2.28. The van der Waals surface area contributed by atoms with E-state index in [2.05, 4.69) is 5.32 Å². The first-order valence-corrected chi connectivity index (χ1v) is 8.85. The number of amides is 1. The van der Waals surface area contributed by atoms with Crippen LogP contribution in [0.2, 0.25) is 0 Å². The van der Waals surface area contributed by atoms with Crippen LogP contribution in [0.25, 0.3) is 0 Å². The van der Waals surface area contributed by atoms with E-state index in [0.717, 1.165) is 18.2 Å². The van der Waals surface area contributed by atoms with Gasteiger partial charge in [-0.2, -0.15) is 0 Å². The summed E-state index contributed by atoms with van der Waals surface area (Å²) < 4.78 is 27.0. The van der Waals surface area contributed by atoms with Crippen molar-refractivity contribution in [3.05, 3.63) is 64.2 Å². The number of nitro groups is 1. The van der Waals surface area contributed by atoms with E-state index in [0.29, 0.717) is 31.9 Å². The number of halogens is 2. The lowest BCUT2D eigenvalue weighted by atomic mass is 10.1. The van der Waals surface area contributed by atoms with Gasteiger partial charge in [-0.05, 0) is 25.1 Å². The minimum absolute atomic E-state index is 0.0447. The smallest absolute Gasteiger partial charge is 0.292 e. The van der Waals surface area contributed by atoms with Gasteiger partial charge in [0, 0.05) is 38.3 Å². The second-order valence-electron chi connectivity index (χ2n) is 6.56. The maximum absolute atomic E-state index is 13.7. The van der Waals surface area contributed by atoms with E-state index in [1.807, 2.05) is 9.80 Å². The van der Waals surface area contributed by atoms with Crippen LogP contribution in [0.5, 0.6) is 0 Å². The van der Waals surface area contributed by atoms with Gasteiger partial charge in [-0.1, -0.05) is 12.1 Å². The van der Waals surface area contributed by atoms with E-state index < -0.39 is 28.5 Å². The first kappa shape index (κ1) is 19.7. The zero-order valence-corrected chi connectivity index (χ0v) is 15.3. The SMILES string of the molecule is C[C@@H](C(=O)Nc1cc(F)ccc1F)N1CCN(c2ccccc2[N+](=O)[O-])CC1. The van der Waals surface area contributed by atoms with Crippen molar-refractivity contribution in [2.45, 2.75) is 13.0 Å². The fraction of sp³-hybridized carbons (Fsp3) is 0.316. The monoisotopic (exact) mass is 390 g/mol. The standard InChI is InChI=1S/C19H20F2N4O3/c1-13(19(26)22-16-12-14(20)6-7-15(16)21)23-8-10-24(11-9-23)17-4-2-3-5-18(17)25(27)28/h2-7,12-13H,8-11H2,1H3,(H,22,26)/t13-/m0/s1. The summed E-state index contributed by atoms with van der Waals surface area (Å²) in [7, 11) is 0. The van der Waals surface area contributed by atoms with Crippen molar-refractivity contribution in [2.75, 3.05) is 36.4 Å². The number of anilines is 2. The van der Waals surface area contributed by atoms with Crippen molar-refractivity contribution < 1.29 is 18.5 Å². The molecule has 1 fully saturated rings. The van der Waals surface area contributed by atoms with E-state index in [9.17, 15) is 23.7 Å². The van der Waals surface area contributed by atoms with Crippen LogP contribution in [0.3, 0.4) is 0 Å². The Labute approximate surface area is 160 Å². The summed E-state index contributed by atoms with van der Waals surface area (Å²) in [5.41, 5.74) is 0.393. The number of hydrogen-bond acceptors (Lipinski definition) is 5. The molecular weight excluding hydrogens is 370 g/mol. The second kappa shape index (κ2) is 8.30. The highest BCUT2D eigenvalue weighted by atomic mass is 19.1. The van der Waals surface area contributed by atoms with Gasteiger partial charge in [0.2, 0.25) is 5.91 Å². The lowest BCUT2D eigenvalue weighted by molar-refractivity contribution is -0.384. The summed E-state index contributed by atoms with van der Waals surface area (Å²) in [6.07, 6.45) is 0. The molecule has 1 atom stereocenters. The molecule has 1 aliphatic heterocycles. The first-order valence-electron chi connectivity index (χ1n) is 8.85. The lowest BCUT2D eigenvalue weighted by Gasteiger charge is -2.38. The Morgan fingerprint density at radius 1 is 1.14 bits per heavy atom. The topological polar surface area (TPSA) is 78.7 Å². The normalized spacial score (nSPS) is 15.9. The molecule has 0 bridgehead atoms. The van der Waals surface area contributed by atoms with Gasteiger partial charge in [-0.3, -0.25) is 19.8 Å². The van der Waals surface area contributed by atoms with E-state index in [4.69, 9.17) is 0 Å². The molecule has 0 aromatic heterocycles. The van der Waals surface area contributed by atoms with Crippen LogP contribution >= 0.6 is 0 Å². The van der Waals surface area contributed by atoms with Gasteiger partial charge in [0.05, 0.1) is 16.7 Å². The molecule has 2 aromatic carbocycles. The number of nitro benzene ring substituents is 1. The van der Waals surface area contributed by atoms with Gasteiger partial charge < -0.3 is 10.2 Å². The zero-order chi connectivity index (χ0) is 20.3. The van der Waals surface area contributed by atoms with E-state index >= 15 is 0 Å². The number of para-hydroxylation sites is 2. The van der Waals surface area contributed by atoms with Crippen LogP contribution in [0, 0.1) is 21.7 Å². The van der Waals surface area contributed by atoms with Gasteiger partial charge >= 0.3 is 0 Å². The summed E-state index contributed by atoms with van der Waals surface area (Å²) in [6, 6.07) is 8.86. The van der Waals surface area contributed by atoms with Crippen LogP contribution < -0.4 is 10.2 Å². The van der Waals surface area contributed by atoms with Crippen molar-refractivity contribution in [1.82, 2.24) is 4.90 Å². The third-order valence-electron chi connectivity index (χ3n) is 4.85. The predicted molar refractivity (Wildman–Crippen MR) is 101 cm³/mol. The Hall–Kier alpha value is -3.07. The van der Waals surface area contributed by atoms with Crippen LogP contribution in [0.15, 0.2) is 42.5 Å². The first-order chi connectivity index (χ1) is 13.4. The fourth-order valence-electron chi connectivity index (χ4n) is 3.23. The second-order valence-corrected chi connectivity index (χ2v) is 6.56. The van der Waals surface area contributed by atoms with Crippen LogP contribution in [-0.2, 0) is 4.79 Å². The summed E-state index contributed by atoms with van der Waals surface area (Å²) >= 11 is 0. The number of carbonyl (C=O) groups excluding carboxylic acids is 1. The molecule has 1 aliphatic rings. The molecule has 0 aliphatic carbocycles. The Morgan fingerprint density at radius 2 is 1.82 bits per heavy atom. The maximum Gasteiger partial charge on any atom is 0.292 e. The quantitative estimate of drug-likeness (QED) is 0.627. The van der Waals surface area contributed by atoms with Gasteiger partial charge in [0.1, 0.15) is 17.3 Å². The zero-order valence-electron chi connectivity index (χ0n) is 15.3. The average molecular weight is 390 g/mol. The molecule has 0 saturated carbocycles. The maximum atomic E-state index is 13.7. The highest BCUT2D eigenvalue weighted by Gasteiger charge is 2.28. The van der Waals surface area contributed by atoms with Gasteiger partial charge in [0.25, 0.3) is 5.69 Å². The molecule has 2 aromatic rings. The van der Waals surface area contributed by atoms with E-state index in [1.54, 1.807) is 25.1 Å². The van der Waals surface area contributed by atoms with Crippen molar-refractivity contribution in [2.24, 2.45) is 0 Å². The van der Waals surface area contributed by atoms with E-state index in [1.165, 1.54) is 6.07 Å². The van der Waals surface area contributed by atoms with Gasteiger partial charge in [-0.25, -0.2) is 8.78 Å². The Balaban J connectivity index is 1.62. The number of hydrogen-bond donors (Lipinski definition) is 1. The molecule has 0 radical (unpaired) electrons. The number of piperazine rings is 1. The third kappa shape index (κ3) is 4.25. The van der Waals surface area contributed by atoms with Crippen LogP contribution in [-0.4, -0.2) is 48.0 Å². The predicted octanol–water partition coefficient (Wildman–Crippen LogP) is 3.02. The van der Waals surface area contributed by atoms with Gasteiger partial charge in [-0.15, -0.1) is 0 Å². The fourth-order valence-corrected chi connectivity index (χ4v) is 3.23. The van der Waals surface area contributed by atoms with Crippen LogP contribution in [0.4, 0.5) is 25.8 Å². The number of carbonyl (C=O) groups is 1. The lowest BCUT2D eigenvalue weighted by Crippen LogP contribution is -2.53. The highest BCUT2D eigenvalue weighted by molar-refractivity contribution is 5.94. The van der Waals surface area contributed by atoms with Crippen LogP contribution in [0.1, 0.15) is 6.92 Å². The molecule has 1 heterocycles. The summed E-state index contributed by atoms with van der Waals surface area (Å²) in [5.74, 6) is -1.78. The van der Waals surface area contributed by atoms with Crippen molar-refractivity contribution >= 4 is 23.0 Å². The largest absolute Gasteiger partial charge is 0.363 e. The Morgan fingerprint density at radius 3 is 2.50 bits per heavy atom. The van der Waals surface area contributed by atoms with E-state index in [-0.39, 0.29) is 11.4 Å². The average Bonchev–Trinajstić information content (AvgIpc) is 2.70. The number of nitrogens with one attached hydrogen (secondary N) is 1. The summed E-state index contributed by atoms with van der Waals surface area (Å²) in [6.45, 7) is 3.72. The molecule has 0 spiro atoms. The molecule has 1 amide bonds. The number of rotatable bonds is 5. The molecule has 0 unspecified atom stereocenters. The summed E-state index contributed by atoms with van der Waals surface area (Å²) in [4.78, 5) is 27.0. The molecule has 148 valence electrons.